The third kappa shape index (κ3) is 1.66. The second-order valence-corrected chi connectivity index (χ2v) is 2.25. The van der Waals surface area contributed by atoms with Gasteiger partial charge in [0.2, 0.25) is 0 Å². The van der Waals surface area contributed by atoms with E-state index < -0.39 is 23.6 Å². The van der Waals surface area contributed by atoms with Crippen LogP contribution >= 0.6 is 0 Å². The van der Waals surface area contributed by atoms with Crippen LogP contribution in [0.4, 0.5) is 19.0 Å². The molecule has 0 bridgehead atoms. The zero-order valence-electron chi connectivity index (χ0n) is 6.72. The Morgan fingerprint density at radius 1 is 1.54 bits per heavy atom. The van der Waals surface area contributed by atoms with Crippen molar-refractivity contribution in [1.82, 2.24) is 4.98 Å². The van der Waals surface area contributed by atoms with E-state index in [0.717, 1.165) is 7.11 Å². The summed E-state index contributed by atoms with van der Waals surface area (Å²) in [4.78, 5) is 3.36. The van der Waals surface area contributed by atoms with Crippen LogP contribution in [-0.2, 0) is 0 Å². The lowest BCUT2D eigenvalue weighted by Crippen LogP contribution is -2.02. The van der Waals surface area contributed by atoms with Gasteiger partial charge in [0, 0.05) is 6.20 Å². The third-order valence-corrected chi connectivity index (χ3v) is 1.47. The van der Waals surface area contributed by atoms with E-state index >= 15 is 0 Å². The highest BCUT2D eigenvalue weighted by Crippen LogP contribution is 2.30. The molecule has 0 unspecified atom stereocenters. The number of nitrogens with two attached hydrogens (primary N) is 1. The van der Waals surface area contributed by atoms with Gasteiger partial charge in [0.05, 0.1) is 12.7 Å². The van der Waals surface area contributed by atoms with Crippen molar-refractivity contribution in [2.75, 3.05) is 12.8 Å². The Morgan fingerprint density at radius 3 is 2.62 bits per heavy atom. The van der Waals surface area contributed by atoms with E-state index in [-0.39, 0.29) is 5.82 Å². The molecule has 3 nitrogen and oxygen atoms in total. The standard InChI is InChI=1S/C7H7F3N2O/c1-13-5-4(8)3(6(9)10)2-12-7(5)11/h2,6H,1H3,(H2,11,12). The van der Waals surface area contributed by atoms with Gasteiger partial charge >= 0.3 is 0 Å². The molecule has 72 valence electrons. The molecule has 0 aliphatic heterocycles. The van der Waals surface area contributed by atoms with Crippen molar-refractivity contribution in [2.24, 2.45) is 0 Å². The molecule has 0 radical (unpaired) electrons. The number of pyridine rings is 1. The molecule has 0 saturated carbocycles. The van der Waals surface area contributed by atoms with Gasteiger partial charge in [-0.25, -0.2) is 18.2 Å². The van der Waals surface area contributed by atoms with Gasteiger partial charge in [-0.1, -0.05) is 0 Å². The van der Waals surface area contributed by atoms with Crippen LogP contribution in [0, 0.1) is 5.82 Å². The maximum atomic E-state index is 13.1. The molecular weight excluding hydrogens is 185 g/mol. The van der Waals surface area contributed by atoms with E-state index in [1.807, 2.05) is 0 Å². The minimum absolute atomic E-state index is 0.246. The number of alkyl halides is 2. The largest absolute Gasteiger partial charge is 0.490 e. The van der Waals surface area contributed by atoms with Gasteiger partial charge in [-0.3, -0.25) is 0 Å². The average Bonchev–Trinajstić information content (AvgIpc) is 2.04. The smallest absolute Gasteiger partial charge is 0.268 e. The zero-order chi connectivity index (χ0) is 10.0. The van der Waals surface area contributed by atoms with Crippen LogP contribution in [0.5, 0.6) is 5.75 Å². The van der Waals surface area contributed by atoms with Crippen molar-refractivity contribution in [3.05, 3.63) is 17.6 Å². The molecule has 0 aliphatic rings. The van der Waals surface area contributed by atoms with Gasteiger partial charge < -0.3 is 10.5 Å². The molecule has 0 fully saturated rings. The number of methoxy groups -OCH3 is 1. The second kappa shape index (κ2) is 3.51. The minimum Gasteiger partial charge on any atom is -0.490 e. The topological polar surface area (TPSA) is 48.1 Å². The fourth-order valence-corrected chi connectivity index (χ4v) is 0.844. The first kappa shape index (κ1) is 9.63. The van der Waals surface area contributed by atoms with Gasteiger partial charge in [-0.2, -0.15) is 0 Å². The molecule has 1 heterocycles. The van der Waals surface area contributed by atoms with Gasteiger partial charge in [0.1, 0.15) is 0 Å². The Labute approximate surface area is 72.3 Å². The molecule has 0 aliphatic carbocycles. The Morgan fingerprint density at radius 2 is 2.15 bits per heavy atom. The number of rotatable bonds is 2. The van der Waals surface area contributed by atoms with Crippen molar-refractivity contribution >= 4 is 5.82 Å². The molecule has 13 heavy (non-hydrogen) atoms. The maximum absolute atomic E-state index is 13.1. The highest BCUT2D eigenvalue weighted by atomic mass is 19.3. The highest BCUT2D eigenvalue weighted by molar-refractivity contribution is 5.48. The SMILES string of the molecule is COc1c(N)ncc(C(F)F)c1F. The number of ether oxygens (including phenoxy) is 1. The summed E-state index contributed by atoms with van der Waals surface area (Å²) in [6.45, 7) is 0. The van der Waals surface area contributed by atoms with Crippen molar-refractivity contribution in [3.8, 4) is 5.75 Å². The molecule has 1 aromatic rings. The molecule has 0 spiro atoms. The van der Waals surface area contributed by atoms with Crippen LogP contribution in [0.15, 0.2) is 6.20 Å². The number of anilines is 1. The summed E-state index contributed by atoms with van der Waals surface area (Å²) in [6.07, 6.45) is -2.24. The van der Waals surface area contributed by atoms with Crippen LogP contribution in [0.1, 0.15) is 12.0 Å². The van der Waals surface area contributed by atoms with Crippen molar-refractivity contribution in [3.63, 3.8) is 0 Å². The van der Waals surface area contributed by atoms with E-state index in [1.165, 1.54) is 0 Å². The molecular formula is C7H7F3N2O. The lowest BCUT2D eigenvalue weighted by atomic mass is 10.2. The van der Waals surface area contributed by atoms with Gasteiger partial charge in [-0.05, 0) is 0 Å². The summed E-state index contributed by atoms with van der Waals surface area (Å²) in [5.41, 5.74) is 4.37. The van der Waals surface area contributed by atoms with Crippen LogP contribution in [0.3, 0.4) is 0 Å². The summed E-state index contributed by atoms with van der Waals surface area (Å²) in [5.74, 6) is -1.85. The predicted octanol–water partition coefficient (Wildman–Crippen LogP) is 1.75. The number of hydrogen-bond donors (Lipinski definition) is 1. The summed E-state index contributed by atoms with van der Waals surface area (Å²) >= 11 is 0. The van der Waals surface area contributed by atoms with Crippen molar-refractivity contribution in [1.29, 1.82) is 0 Å². The lowest BCUT2D eigenvalue weighted by Gasteiger charge is -2.07. The zero-order valence-corrected chi connectivity index (χ0v) is 6.72. The third-order valence-electron chi connectivity index (χ3n) is 1.47. The first-order valence-corrected chi connectivity index (χ1v) is 3.34. The summed E-state index contributed by atoms with van der Waals surface area (Å²) in [7, 11) is 1.13. The normalized spacial score (nSPS) is 10.5. The Bertz CT molecular complexity index is 317. The van der Waals surface area contributed by atoms with Crippen LogP contribution in [0.2, 0.25) is 0 Å². The summed E-state index contributed by atoms with van der Waals surface area (Å²) < 4.78 is 41.7. The monoisotopic (exact) mass is 192 g/mol. The summed E-state index contributed by atoms with van der Waals surface area (Å²) in [5, 5.41) is 0. The van der Waals surface area contributed by atoms with E-state index in [1.54, 1.807) is 0 Å². The molecule has 0 saturated heterocycles. The van der Waals surface area contributed by atoms with E-state index in [0.29, 0.717) is 6.20 Å². The molecule has 0 aromatic carbocycles. The Balaban J connectivity index is 3.27. The van der Waals surface area contributed by atoms with E-state index in [9.17, 15) is 13.2 Å². The fourth-order valence-electron chi connectivity index (χ4n) is 0.844. The fraction of sp³-hybridized carbons (Fsp3) is 0.286. The molecule has 2 N–H and O–H groups in total. The number of nitrogens with zero attached hydrogens (tertiary/aromatic N) is 1. The number of aromatic nitrogens is 1. The quantitative estimate of drug-likeness (QED) is 0.776. The first-order chi connectivity index (χ1) is 6.07. The van der Waals surface area contributed by atoms with Crippen LogP contribution in [-0.4, -0.2) is 12.1 Å². The maximum Gasteiger partial charge on any atom is 0.268 e. The van der Waals surface area contributed by atoms with E-state index in [4.69, 9.17) is 5.73 Å². The average molecular weight is 192 g/mol. The Hall–Kier alpha value is -1.46. The van der Waals surface area contributed by atoms with Gasteiger partial charge in [0.25, 0.3) is 6.43 Å². The molecule has 0 amide bonds. The summed E-state index contributed by atoms with van der Waals surface area (Å²) in [6, 6.07) is 0. The van der Waals surface area contributed by atoms with Crippen LogP contribution < -0.4 is 10.5 Å². The Kier molecular flexibility index (Phi) is 2.60. The number of halogens is 3. The lowest BCUT2D eigenvalue weighted by molar-refractivity contribution is 0.145. The van der Waals surface area contributed by atoms with Crippen molar-refractivity contribution < 1.29 is 17.9 Å². The van der Waals surface area contributed by atoms with Crippen molar-refractivity contribution in [2.45, 2.75) is 6.43 Å². The molecule has 1 rings (SSSR count). The highest BCUT2D eigenvalue weighted by Gasteiger charge is 2.19. The minimum atomic E-state index is -2.93. The number of hydrogen-bond acceptors (Lipinski definition) is 3. The predicted molar refractivity (Wildman–Crippen MR) is 40.1 cm³/mol. The molecule has 0 atom stereocenters. The molecule has 6 heteroatoms. The molecule has 1 aromatic heterocycles. The van der Waals surface area contributed by atoms with Crippen LogP contribution in [0.25, 0.3) is 0 Å². The number of nitrogen functional groups attached to an aromatic ring is 1. The van der Waals surface area contributed by atoms with E-state index in [2.05, 4.69) is 9.72 Å². The van der Waals surface area contributed by atoms with Gasteiger partial charge in [0.15, 0.2) is 17.4 Å². The second-order valence-electron chi connectivity index (χ2n) is 2.25. The first-order valence-electron chi connectivity index (χ1n) is 3.34. The van der Waals surface area contributed by atoms with Gasteiger partial charge in [-0.15, -0.1) is 0 Å².